The Morgan fingerprint density at radius 3 is 2.46 bits per heavy atom. The minimum atomic E-state index is 0. The molecule has 1 aromatic carbocycles. The monoisotopic (exact) mass is 470 g/mol. The number of rotatable bonds is 7. The van der Waals surface area contributed by atoms with Gasteiger partial charge in [0.25, 0.3) is 0 Å². The number of nitrogens with zero attached hydrogens (tertiary/aromatic N) is 3. The van der Waals surface area contributed by atoms with Crippen molar-refractivity contribution < 1.29 is 9.47 Å². The highest BCUT2D eigenvalue weighted by Crippen LogP contribution is 2.13. The highest BCUT2D eigenvalue weighted by Gasteiger charge is 2.07. The summed E-state index contributed by atoms with van der Waals surface area (Å²) in [6, 6.07) is 13.7. The van der Waals surface area contributed by atoms with E-state index >= 15 is 0 Å². The molecule has 7 heteroatoms. The van der Waals surface area contributed by atoms with Crippen LogP contribution in [-0.4, -0.2) is 43.7 Å². The summed E-state index contributed by atoms with van der Waals surface area (Å²) in [5.41, 5.74) is 2.06. The third kappa shape index (κ3) is 6.70. The van der Waals surface area contributed by atoms with Gasteiger partial charge in [-0.1, -0.05) is 18.2 Å². The molecule has 2 rings (SSSR count). The van der Waals surface area contributed by atoms with E-state index in [0.29, 0.717) is 12.4 Å². The Morgan fingerprint density at radius 2 is 1.85 bits per heavy atom. The first-order chi connectivity index (χ1) is 12.2. The van der Waals surface area contributed by atoms with Crippen molar-refractivity contribution >= 4 is 29.9 Å². The average molecular weight is 470 g/mol. The Morgan fingerprint density at radius 1 is 1.12 bits per heavy atom. The van der Waals surface area contributed by atoms with Crippen LogP contribution >= 0.6 is 24.0 Å². The maximum absolute atomic E-state index is 5.20. The fourth-order valence-corrected chi connectivity index (χ4v) is 2.36. The highest BCUT2D eigenvalue weighted by molar-refractivity contribution is 14.0. The number of halogens is 1. The second kappa shape index (κ2) is 11.6. The number of benzene rings is 1. The first-order valence-corrected chi connectivity index (χ1v) is 8.28. The van der Waals surface area contributed by atoms with Crippen molar-refractivity contribution in [1.82, 2.24) is 15.2 Å². The minimum absolute atomic E-state index is 0. The molecule has 0 aliphatic heterocycles. The van der Waals surface area contributed by atoms with Crippen LogP contribution in [-0.2, 0) is 13.1 Å². The summed E-state index contributed by atoms with van der Waals surface area (Å²) >= 11 is 0. The van der Waals surface area contributed by atoms with Crippen LogP contribution in [0.15, 0.2) is 47.5 Å². The Labute approximate surface area is 172 Å². The summed E-state index contributed by atoms with van der Waals surface area (Å²) in [5, 5.41) is 3.32. The second-order valence-corrected chi connectivity index (χ2v) is 5.55. The topological polar surface area (TPSA) is 59.0 Å². The van der Waals surface area contributed by atoms with Crippen molar-refractivity contribution in [3.8, 4) is 11.6 Å². The van der Waals surface area contributed by atoms with Gasteiger partial charge in [-0.2, -0.15) is 0 Å². The smallest absolute Gasteiger partial charge is 0.213 e. The lowest BCUT2D eigenvalue weighted by Gasteiger charge is -2.22. The Balaban J connectivity index is 0.00000338. The van der Waals surface area contributed by atoms with E-state index in [0.717, 1.165) is 30.5 Å². The van der Waals surface area contributed by atoms with Gasteiger partial charge in [-0.3, -0.25) is 0 Å². The largest absolute Gasteiger partial charge is 0.497 e. The van der Waals surface area contributed by atoms with Crippen LogP contribution < -0.4 is 14.8 Å². The molecule has 142 valence electrons. The van der Waals surface area contributed by atoms with Crippen LogP contribution in [0, 0.1) is 0 Å². The number of nitrogens with one attached hydrogen (secondary N) is 1. The lowest BCUT2D eigenvalue weighted by molar-refractivity contribution is 0.396. The molecule has 0 fully saturated rings. The molecule has 0 saturated carbocycles. The molecule has 0 aliphatic carbocycles. The molecule has 0 spiro atoms. The molecular formula is C19H27IN4O2. The summed E-state index contributed by atoms with van der Waals surface area (Å²) in [6.45, 7) is 4.10. The van der Waals surface area contributed by atoms with E-state index in [1.807, 2.05) is 37.4 Å². The Bertz CT molecular complexity index is 692. The Kier molecular flexibility index (Phi) is 9.79. The van der Waals surface area contributed by atoms with E-state index in [4.69, 9.17) is 9.47 Å². The molecule has 1 aromatic heterocycles. The third-order valence-corrected chi connectivity index (χ3v) is 3.66. The average Bonchev–Trinajstić information content (AvgIpc) is 2.65. The minimum Gasteiger partial charge on any atom is -0.497 e. The van der Waals surface area contributed by atoms with Crippen molar-refractivity contribution in [1.29, 1.82) is 0 Å². The highest BCUT2D eigenvalue weighted by atomic mass is 127. The van der Waals surface area contributed by atoms with Crippen molar-refractivity contribution in [2.45, 2.75) is 20.0 Å². The molecule has 1 heterocycles. The van der Waals surface area contributed by atoms with Gasteiger partial charge in [0.2, 0.25) is 5.88 Å². The summed E-state index contributed by atoms with van der Waals surface area (Å²) in [6.07, 6.45) is 0. The van der Waals surface area contributed by atoms with Gasteiger partial charge in [0.05, 0.1) is 26.5 Å². The molecule has 0 atom stereocenters. The maximum atomic E-state index is 5.20. The number of hydrogen-bond acceptors (Lipinski definition) is 4. The standard InChI is InChI=1S/C19H26N4O2.HI/c1-5-20-19(21-13-16-7-6-8-18(22-16)25-4)23(2)14-15-9-11-17(24-3)12-10-15;/h6-12H,5,13-14H2,1-4H3,(H,20,21);1H. The van der Waals surface area contributed by atoms with Crippen molar-refractivity contribution in [2.24, 2.45) is 4.99 Å². The van der Waals surface area contributed by atoms with Crippen molar-refractivity contribution in [3.05, 3.63) is 53.7 Å². The summed E-state index contributed by atoms with van der Waals surface area (Å²) in [4.78, 5) is 11.2. The fraction of sp³-hybridized carbons (Fsp3) is 0.368. The predicted octanol–water partition coefficient (Wildman–Crippen LogP) is 3.31. The molecule has 1 N–H and O–H groups in total. The summed E-state index contributed by atoms with van der Waals surface area (Å²) in [7, 11) is 5.30. The van der Waals surface area contributed by atoms with Crippen LogP contribution in [0.4, 0.5) is 0 Å². The van der Waals surface area contributed by atoms with Crippen molar-refractivity contribution in [2.75, 3.05) is 27.8 Å². The third-order valence-electron chi connectivity index (χ3n) is 3.66. The zero-order valence-corrected chi connectivity index (χ0v) is 18.1. The number of hydrogen-bond donors (Lipinski definition) is 1. The number of ether oxygens (including phenoxy) is 2. The quantitative estimate of drug-likeness (QED) is 0.382. The first kappa shape index (κ1) is 22.0. The molecule has 0 bridgehead atoms. The number of pyridine rings is 1. The number of aromatic nitrogens is 1. The summed E-state index contributed by atoms with van der Waals surface area (Å²) in [5.74, 6) is 2.29. The molecule has 0 amide bonds. The van der Waals surface area contributed by atoms with E-state index in [1.54, 1.807) is 14.2 Å². The van der Waals surface area contributed by atoms with Gasteiger partial charge >= 0.3 is 0 Å². The van der Waals surface area contributed by atoms with E-state index in [1.165, 1.54) is 5.56 Å². The molecule has 0 saturated heterocycles. The van der Waals surface area contributed by atoms with Gasteiger partial charge < -0.3 is 19.7 Å². The van der Waals surface area contributed by atoms with Crippen LogP contribution in [0.3, 0.4) is 0 Å². The predicted molar refractivity (Wildman–Crippen MR) is 115 cm³/mol. The maximum Gasteiger partial charge on any atom is 0.213 e. The van der Waals surface area contributed by atoms with Gasteiger partial charge in [0, 0.05) is 26.2 Å². The molecule has 2 aromatic rings. The molecule has 0 radical (unpaired) electrons. The van der Waals surface area contributed by atoms with Crippen LogP contribution in [0.1, 0.15) is 18.2 Å². The first-order valence-electron chi connectivity index (χ1n) is 8.28. The van der Waals surface area contributed by atoms with E-state index in [-0.39, 0.29) is 24.0 Å². The SMILES string of the molecule is CCNC(=NCc1cccc(OC)n1)N(C)Cc1ccc(OC)cc1.I. The number of guanidine groups is 1. The normalized spacial score (nSPS) is 10.7. The van der Waals surface area contributed by atoms with Gasteiger partial charge in [-0.15, -0.1) is 24.0 Å². The van der Waals surface area contributed by atoms with Crippen LogP contribution in [0.2, 0.25) is 0 Å². The van der Waals surface area contributed by atoms with Gasteiger partial charge in [-0.25, -0.2) is 9.98 Å². The van der Waals surface area contributed by atoms with E-state index in [9.17, 15) is 0 Å². The molecule has 0 aliphatic rings. The van der Waals surface area contributed by atoms with Crippen LogP contribution in [0.5, 0.6) is 11.6 Å². The second-order valence-electron chi connectivity index (χ2n) is 5.55. The number of aliphatic imine (C=N–C) groups is 1. The lowest BCUT2D eigenvalue weighted by atomic mass is 10.2. The summed E-state index contributed by atoms with van der Waals surface area (Å²) < 4.78 is 10.4. The molecule has 6 nitrogen and oxygen atoms in total. The van der Waals surface area contributed by atoms with Gasteiger partial charge in [-0.05, 0) is 30.7 Å². The van der Waals surface area contributed by atoms with Gasteiger partial charge in [0.1, 0.15) is 5.75 Å². The van der Waals surface area contributed by atoms with Gasteiger partial charge in [0.15, 0.2) is 5.96 Å². The van der Waals surface area contributed by atoms with Crippen molar-refractivity contribution in [3.63, 3.8) is 0 Å². The molecule has 26 heavy (non-hydrogen) atoms. The Hall–Kier alpha value is -2.03. The molecule has 0 unspecified atom stereocenters. The lowest BCUT2D eigenvalue weighted by Crippen LogP contribution is -2.38. The fourth-order valence-electron chi connectivity index (χ4n) is 2.36. The van der Waals surface area contributed by atoms with E-state index in [2.05, 4.69) is 39.2 Å². The van der Waals surface area contributed by atoms with Crippen LogP contribution in [0.25, 0.3) is 0 Å². The zero-order chi connectivity index (χ0) is 18.1. The van der Waals surface area contributed by atoms with E-state index < -0.39 is 0 Å². The molecular weight excluding hydrogens is 443 g/mol. The zero-order valence-electron chi connectivity index (χ0n) is 15.7. The number of methoxy groups -OCH3 is 2.